The van der Waals surface area contributed by atoms with Crippen molar-refractivity contribution in [3.8, 4) is 0 Å². The Morgan fingerprint density at radius 1 is 1.20 bits per heavy atom. The fourth-order valence-electron chi connectivity index (χ4n) is 2.87. The molecule has 1 nitrogen and oxygen atoms in total. The molecular formula is C14H24O. The Balaban J connectivity index is 1.80. The van der Waals surface area contributed by atoms with E-state index in [0.717, 1.165) is 30.6 Å². The molecule has 86 valence electrons. The molecule has 0 aliphatic heterocycles. The minimum absolute atomic E-state index is 0.423. The van der Waals surface area contributed by atoms with Gasteiger partial charge in [-0.1, -0.05) is 26.7 Å². The molecule has 0 spiro atoms. The normalized spacial score (nSPS) is 32.3. The maximum Gasteiger partial charge on any atom is 0.135 e. The van der Waals surface area contributed by atoms with Crippen LogP contribution in [0.2, 0.25) is 0 Å². The molecule has 0 aromatic carbocycles. The van der Waals surface area contributed by atoms with Gasteiger partial charge in [-0.25, -0.2) is 0 Å². The maximum absolute atomic E-state index is 11.8. The second kappa shape index (κ2) is 4.67. The lowest BCUT2D eigenvalue weighted by Crippen LogP contribution is -2.27. The fraction of sp³-hybridized carbons (Fsp3) is 0.929. The second-order valence-electron chi connectivity index (χ2n) is 5.96. The van der Waals surface area contributed by atoms with Gasteiger partial charge in [-0.3, -0.25) is 4.79 Å². The largest absolute Gasteiger partial charge is 0.299 e. The zero-order valence-corrected chi connectivity index (χ0v) is 10.2. The van der Waals surface area contributed by atoms with E-state index in [1.54, 1.807) is 0 Å². The molecule has 0 heterocycles. The Bertz CT molecular complexity index is 227. The second-order valence-corrected chi connectivity index (χ2v) is 5.96. The molecule has 15 heavy (non-hydrogen) atoms. The van der Waals surface area contributed by atoms with E-state index in [9.17, 15) is 4.79 Å². The van der Waals surface area contributed by atoms with Crippen LogP contribution < -0.4 is 0 Å². The molecule has 2 atom stereocenters. The van der Waals surface area contributed by atoms with Crippen molar-refractivity contribution in [3.63, 3.8) is 0 Å². The zero-order chi connectivity index (χ0) is 10.8. The van der Waals surface area contributed by atoms with E-state index >= 15 is 0 Å². The summed E-state index contributed by atoms with van der Waals surface area (Å²) in [6.07, 6.45) is 8.55. The van der Waals surface area contributed by atoms with Crippen molar-refractivity contribution in [1.29, 1.82) is 0 Å². The van der Waals surface area contributed by atoms with Crippen LogP contribution in [0, 0.1) is 23.7 Å². The van der Waals surface area contributed by atoms with E-state index in [2.05, 4.69) is 13.8 Å². The minimum Gasteiger partial charge on any atom is -0.299 e. The van der Waals surface area contributed by atoms with E-state index in [1.165, 1.54) is 32.1 Å². The van der Waals surface area contributed by atoms with Gasteiger partial charge in [0.15, 0.2) is 0 Å². The number of rotatable bonds is 4. The molecule has 2 rings (SSSR count). The smallest absolute Gasteiger partial charge is 0.135 e. The molecule has 0 bridgehead atoms. The summed E-state index contributed by atoms with van der Waals surface area (Å²) >= 11 is 0. The highest BCUT2D eigenvalue weighted by Crippen LogP contribution is 2.39. The van der Waals surface area contributed by atoms with Crippen LogP contribution in [-0.4, -0.2) is 5.78 Å². The van der Waals surface area contributed by atoms with Crippen LogP contribution in [0.1, 0.15) is 58.8 Å². The summed E-state index contributed by atoms with van der Waals surface area (Å²) in [7, 11) is 0. The first-order valence-corrected chi connectivity index (χ1v) is 6.69. The monoisotopic (exact) mass is 208 g/mol. The average Bonchev–Trinajstić information content (AvgIpc) is 3.00. The van der Waals surface area contributed by atoms with Crippen molar-refractivity contribution in [3.05, 3.63) is 0 Å². The van der Waals surface area contributed by atoms with Crippen LogP contribution in [0.25, 0.3) is 0 Å². The third-order valence-electron chi connectivity index (χ3n) is 4.37. The number of carbonyl (C=O) groups excluding carboxylic acids is 1. The summed E-state index contributed by atoms with van der Waals surface area (Å²) in [6, 6.07) is 0. The van der Waals surface area contributed by atoms with Crippen LogP contribution in [-0.2, 0) is 4.79 Å². The molecule has 1 heteroatoms. The van der Waals surface area contributed by atoms with Gasteiger partial charge in [-0.05, 0) is 43.4 Å². The van der Waals surface area contributed by atoms with E-state index in [1.807, 2.05) is 0 Å². The summed E-state index contributed by atoms with van der Waals surface area (Å²) in [5, 5.41) is 0. The third kappa shape index (κ3) is 3.06. The summed E-state index contributed by atoms with van der Waals surface area (Å²) in [5.74, 6) is 3.55. The van der Waals surface area contributed by atoms with Crippen LogP contribution in [0.15, 0.2) is 0 Å². The van der Waals surface area contributed by atoms with Crippen molar-refractivity contribution in [1.82, 2.24) is 0 Å². The number of hydrogen-bond donors (Lipinski definition) is 0. The van der Waals surface area contributed by atoms with Crippen molar-refractivity contribution >= 4 is 5.78 Å². The van der Waals surface area contributed by atoms with Gasteiger partial charge in [0.2, 0.25) is 0 Å². The number of hydrogen-bond acceptors (Lipinski definition) is 1. The van der Waals surface area contributed by atoms with Gasteiger partial charge in [0.25, 0.3) is 0 Å². The first-order chi connectivity index (χ1) is 7.16. The van der Waals surface area contributed by atoms with E-state index < -0.39 is 0 Å². The van der Waals surface area contributed by atoms with Gasteiger partial charge in [-0.15, -0.1) is 0 Å². The lowest BCUT2D eigenvalue weighted by Gasteiger charge is -2.30. The highest BCUT2D eigenvalue weighted by Gasteiger charge is 2.31. The predicted molar refractivity (Wildman–Crippen MR) is 62.6 cm³/mol. The molecule has 2 aliphatic carbocycles. The Hall–Kier alpha value is -0.330. The average molecular weight is 208 g/mol. The summed E-state index contributed by atoms with van der Waals surface area (Å²) in [5.41, 5.74) is 0. The lowest BCUT2D eigenvalue weighted by atomic mass is 9.74. The number of carbonyl (C=O) groups is 1. The van der Waals surface area contributed by atoms with Gasteiger partial charge < -0.3 is 0 Å². The maximum atomic E-state index is 11.8. The van der Waals surface area contributed by atoms with Crippen LogP contribution in [0.3, 0.4) is 0 Å². The summed E-state index contributed by atoms with van der Waals surface area (Å²) < 4.78 is 0. The SMILES string of the molecule is CC(C)C1CCC(=O)C(CCC2CC2)C1. The van der Waals surface area contributed by atoms with Gasteiger partial charge in [0, 0.05) is 12.3 Å². The molecule has 2 saturated carbocycles. The highest BCUT2D eigenvalue weighted by atomic mass is 16.1. The zero-order valence-electron chi connectivity index (χ0n) is 10.2. The van der Waals surface area contributed by atoms with Crippen molar-refractivity contribution in [2.75, 3.05) is 0 Å². The molecule has 0 saturated heterocycles. The van der Waals surface area contributed by atoms with Crippen LogP contribution in [0.5, 0.6) is 0 Å². The predicted octanol–water partition coefficient (Wildman–Crippen LogP) is 3.82. The van der Waals surface area contributed by atoms with E-state index in [-0.39, 0.29) is 0 Å². The first kappa shape index (κ1) is 11.2. The molecule has 0 aromatic heterocycles. The molecule has 2 aliphatic rings. The molecule has 0 aromatic rings. The molecular weight excluding hydrogens is 184 g/mol. The number of ketones is 1. The minimum atomic E-state index is 0.423. The van der Waals surface area contributed by atoms with Gasteiger partial charge in [-0.2, -0.15) is 0 Å². The molecule has 2 unspecified atom stereocenters. The van der Waals surface area contributed by atoms with Crippen LogP contribution >= 0.6 is 0 Å². The molecule has 0 N–H and O–H groups in total. The molecule has 0 amide bonds. The van der Waals surface area contributed by atoms with Gasteiger partial charge in [0.1, 0.15) is 5.78 Å². The van der Waals surface area contributed by atoms with Crippen molar-refractivity contribution in [2.45, 2.75) is 58.8 Å². The topological polar surface area (TPSA) is 17.1 Å². The van der Waals surface area contributed by atoms with Crippen LogP contribution in [0.4, 0.5) is 0 Å². The van der Waals surface area contributed by atoms with E-state index in [0.29, 0.717) is 11.7 Å². The Labute approximate surface area is 93.6 Å². The molecule has 2 fully saturated rings. The summed E-state index contributed by atoms with van der Waals surface area (Å²) in [4.78, 5) is 11.8. The van der Waals surface area contributed by atoms with Gasteiger partial charge >= 0.3 is 0 Å². The number of Topliss-reactive ketones (excluding diaryl/α,β-unsaturated/α-hetero) is 1. The Morgan fingerprint density at radius 2 is 1.93 bits per heavy atom. The lowest BCUT2D eigenvalue weighted by molar-refractivity contribution is -0.126. The third-order valence-corrected chi connectivity index (χ3v) is 4.37. The quantitative estimate of drug-likeness (QED) is 0.686. The molecule has 0 radical (unpaired) electrons. The Kier molecular flexibility index (Phi) is 3.48. The van der Waals surface area contributed by atoms with E-state index in [4.69, 9.17) is 0 Å². The highest BCUT2D eigenvalue weighted by molar-refractivity contribution is 5.81. The standard InChI is InChI=1S/C14H24O/c1-10(2)12-7-8-14(15)13(9-12)6-5-11-3-4-11/h10-13H,3-9H2,1-2H3. The van der Waals surface area contributed by atoms with Gasteiger partial charge in [0.05, 0.1) is 0 Å². The van der Waals surface area contributed by atoms with Crippen molar-refractivity contribution < 1.29 is 4.79 Å². The fourth-order valence-corrected chi connectivity index (χ4v) is 2.87. The Morgan fingerprint density at radius 3 is 2.53 bits per heavy atom. The first-order valence-electron chi connectivity index (χ1n) is 6.69. The summed E-state index contributed by atoms with van der Waals surface area (Å²) in [6.45, 7) is 4.61. The van der Waals surface area contributed by atoms with Crippen molar-refractivity contribution in [2.24, 2.45) is 23.7 Å².